The number of fused-ring (bicyclic) bond motifs is 1. The van der Waals surface area contributed by atoms with Gasteiger partial charge < -0.3 is 9.47 Å². The topological polar surface area (TPSA) is 18.5 Å². The lowest BCUT2D eigenvalue weighted by Gasteiger charge is -2.24. The zero-order valence-corrected chi connectivity index (χ0v) is 7.43. The second-order valence-electron chi connectivity index (χ2n) is 3.22. The maximum absolute atomic E-state index is 5.38. The maximum atomic E-state index is 5.38. The van der Waals surface area contributed by atoms with E-state index in [0.717, 1.165) is 12.4 Å². The predicted octanol–water partition coefficient (Wildman–Crippen LogP) is 2.38. The standard InChI is InChI=1S/C10H14O2/c1-11-10-9-5-3-2-4-8(9)6-7-12-10/h6H,2-5,7H2,1H3. The SMILES string of the molecule is COC1=C2CCCCC2=CCO1. The average molecular weight is 166 g/mol. The van der Waals surface area contributed by atoms with Gasteiger partial charge in [-0.15, -0.1) is 0 Å². The summed E-state index contributed by atoms with van der Waals surface area (Å²) in [6.07, 6.45) is 7.08. The van der Waals surface area contributed by atoms with Crippen LogP contribution in [0.15, 0.2) is 23.2 Å². The van der Waals surface area contributed by atoms with E-state index in [1.165, 1.54) is 30.4 Å². The third kappa shape index (κ3) is 1.22. The normalized spacial score (nSPS) is 22.6. The highest BCUT2D eigenvalue weighted by Gasteiger charge is 2.20. The molecule has 12 heavy (non-hydrogen) atoms. The Morgan fingerprint density at radius 2 is 2.17 bits per heavy atom. The molecule has 0 aromatic carbocycles. The van der Waals surface area contributed by atoms with Gasteiger partial charge in [0.1, 0.15) is 6.61 Å². The molecule has 1 fully saturated rings. The van der Waals surface area contributed by atoms with E-state index < -0.39 is 0 Å². The molecule has 0 aromatic rings. The Hall–Kier alpha value is -0.920. The number of hydrogen-bond acceptors (Lipinski definition) is 2. The van der Waals surface area contributed by atoms with E-state index in [1.807, 2.05) is 0 Å². The molecule has 0 atom stereocenters. The van der Waals surface area contributed by atoms with Crippen molar-refractivity contribution in [1.29, 1.82) is 0 Å². The molecule has 2 rings (SSSR count). The van der Waals surface area contributed by atoms with Crippen molar-refractivity contribution in [1.82, 2.24) is 0 Å². The molecule has 66 valence electrons. The maximum Gasteiger partial charge on any atom is 0.282 e. The minimum absolute atomic E-state index is 0.683. The van der Waals surface area contributed by atoms with Crippen molar-refractivity contribution in [3.63, 3.8) is 0 Å². The molecule has 1 aliphatic carbocycles. The van der Waals surface area contributed by atoms with E-state index in [0.29, 0.717) is 6.61 Å². The molecule has 0 N–H and O–H groups in total. The number of ether oxygens (including phenoxy) is 2. The van der Waals surface area contributed by atoms with Gasteiger partial charge in [-0.2, -0.15) is 0 Å². The van der Waals surface area contributed by atoms with Gasteiger partial charge in [0.2, 0.25) is 0 Å². The Bertz CT molecular complexity index is 238. The van der Waals surface area contributed by atoms with Gasteiger partial charge in [-0.25, -0.2) is 0 Å². The van der Waals surface area contributed by atoms with Gasteiger partial charge in [0, 0.05) is 5.57 Å². The summed E-state index contributed by atoms with van der Waals surface area (Å²) in [5.74, 6) is 0.757. The van der Waals surface area contributed by atoms with E-state index in [1.54, 1.807) is 7.11 Å². The number of hydrogen-bond donors (Lipinski definition) is 0. The van der Waals surface area contributed by atoms with Gasteiger partial charge >= 0.3 is 0 Å². The van der Waals surface area contributed by atoms with Crippen LogP contribution in [-0.4, -0.2) is 13.7 Å². The molecular formula is C10H14O2. The van der Waals surface area contributed by atoms with Gasteiger partial charge in [0.15, 0.2) is 0 Å². The van der Waals surface area contributed by atoms with Gasteiger partial charge in [-0.1, -0.05) is 0 Å². The van der Waals surface area contributed by atoms with Crippen molar-refractivity contribution in [2.24, 2.45) is 0 Å². The summed E-state index contributed by atoms with van der Waals surface area (Å²) in [7, 11) is 1.68. The van der Waals surface area contributed by atoms with Gasteiger partial charge in [0.25, 0.3) is 5.95 Å². The van der Waals surface area contributed by atoms with E-state index in [9.17, 15) is 0 Å². The Labute approximate surface area is 72.9 Å². The van der Waals surface area contributed by atoms with Crippen LogP contribution < -0.4 is 0 Å². The number of rotatable bonds is 1. The summed E-state index contributed by atoms with van der Waals surface area (Å²) in [6.45, 7) is 0.683. The van der Waals surface area contributed by atoms with Crippen molar-refractivity contribution < 1.29 is 9.47 Å². The van der Waals surface area contributed by atoms with Crippen LogP contribution >= 0.6 is 0 Å². The molecule has 0 unspecified atom stereocenters. The van der Waals surface area contributed by atoms with Gasteiger partial charge in [-0.3, -0.25) is 0 Å². The smallest absolute Gasteiger partial charge is 0.282 e. The van der Waals surface area contributed by atoms with Crippen LogP contribution in [0.5, 0.6) is 0 Å². The third-order valence-electron chi connectivity index (χ3n) is 2.49. The van der Waals surface area contributed by atoms with E-state index >= 15 is 0 Å². The van der Waals surface area contributed by atoms with Crippen LogP contribution in [0.2, 0.25) is 0 Å². The summed E-state index contributed by atoms with van der Waals surface area (Å²) >= 11 is 0. The van der Waals surface area contributed by atoms with Crippen LogP contribution in [0.3, 0.4) is 0 Å². The first kappa shape index (κ1) is 7.71. The zero-order chi connectivity index (χ0) is 8.39. The molecule has 1 aliphatic heterocycles. The van der Waals surface area contributed by atoms with Gasteiger partial charge in [-0.05, 0) is 37.3 Å². The van der Waals surface area contributed by atoms with E-state index in [-0.39, 0.29) is 0 Å². The largest absolute Gasteiger partial charge is 0.469 e. The summed E-state index contributed by atoms with van der Waals surface area (Å²) in [5, 5.41) is 0. The quantitative estimate of drug-likeness (QED) is 0.595. The fraction of sp³-hybridized carbons (Fsp3) is 0.600. The minimum atomic E-state index is 0.683. The molecule has 2 heteroatoms. The van der Waals surface area contributed by atoms with Crippen molar-refractivity contribution in [3.8, 4) is 0 Å². The lowest BCUT2D eigenvalue weighted by Crippen LogP contribution is -2.11. The van der Waals surface area contributed by atoms with Crippen LogP contribution in [0.25, 0.3) is 0 Å². The zero-order valence-electron chi connectivity index (χ0n) is 7.43. The fourth-order valence-electron chi connectivity index (χ4n) is 1.87. The first-order valence-electron chi connectivity index (χ1n) is 4.51. The Kier molecular flexibility index (Phi) is 2.07. The number of allylic oxidation sites excluding steroid dienone is 2. The van der Waals surface area contributed by atoms with Crippen molar-refractivity contribution in [2.75, 3.05) is 13.7 Å². The highest BCUT2D eigenvalue weighted by atomic mass is 16.7. The molecule has 0 spiro atoms. The summed E-state index contributed by atoms with van der Waals surface area (Å²) < 4.78 is 10.6. The van der Waals surface area contributed by atoms with Crippen LogP contribution in [-0.2, 0) is 9.47 Å². The lowest BCUT2D eigenvalue weighted by molar-refractivity contribution is 0.0671. The highest BCUT2D eigenvalue weighted by Crippen LogP contribution is 2.33. The minimum Gasteiger partial charge on any atom is -0.469 e. The van der Waals surface area contributed by atoms with E-state index in [2.05, 4.69) is 6.08 Å². The molecule has 1 saturated carbocycles. The first-order valence-corrected chi connectivity index (χ1v) is 4.51. The molecule has 2 aliphatic rings. The predicted molar refractivity (Wildman–Crippen MR) is 46.5 cm³/mol. The number of methoxy groups -OCH3 is 1. The molecular weight excluding hydrogens is 152 g/mol. The Morgan fingerprint density at radius 3 is 3.00 bits per heavy atom. The molecule has 1 heterocycles. The molecule has 0 saturated heterocycles. The summed E-state index contributed by atoms with van der Waals surface area (Å²) in [5.41, 5.74) is 2.75. The fourth-order valence-corrected chi connectivity index (χ4v) is 1.87. The third-order valence-corrected chi connectivity index (χ3v) is 2.49. The first-order chi connectivity index (χ1) is 5.92. The molecule has 0 amide bonds. The van der Waals surface area contributed by atoms with E-state index in [4.69, 9.17) is 9.47 Å². The van der Waals surface area contributed by atoms with Crippen LogP contribution in [0.1, 0.15) is 25.7 Å². The van der Waals surface area contributed by atoms with Crippen LogP contribution in [0, 0.1) is 0 Å². The Balaban J connectivity index is 2.27. The molecule has 2 nitrogen and oxygen atoms in total. The summed E-state index contributed by atoms with van der Waals surface area (Å²) in [4.78, 5) is 0. The second kappa shape index (κ2) is 3.21. The molecule has 0 radical (unpaired) electrons. The average Bonchev–Trinajstić information content (AvgIpc) is 2.17. The molecule has 0 bridgehead atoms. The van der Waals surface area contributed by atoms with Crippen LogP contribution in [0.4, 0.5) is 0 Å². The second-order valence-corrected chi connectivity index (χ2v) is 3.22. The van der Waals surface area contributed by atoms with Crippen molar-refractivity contribution >= 4 is 0 Å². The Morgan fingerprint density at radius 1 is 1.33 bits per heavy atom. The monoisotopic (exact) mass is 166 g/mol. The lowest BCUT2D eigenvalue weighted by atomic mass is 9.89. The summed E-state index contributed by atoms with van der Waals surface area (Å²) in [6, 6.07) is 0. The highest BCUT2D eigenvalue weighted by molar-refractivity contribution is 5.35. The van der Waals surface area contributed by atoms with Gasteiger partial charge in [0.05, 0.1) is 7.11 Å². The molecule has 0 aromatic heterocycles. The van der Waals surface area contributed by atoms with Crippen molar-refractivity contribution in [3.05, 3.63) is 23.2 Å². The van der Waals surface area contributed by atoms with Crippen molar-refractivity contribution in [2.45, 2.75) is 25.7 Å².